The zero-order valence-electron chi connectivity index (χ0n) is 16.1. The maximum absolute atomic E-state index is 13.0. The van der Waals surface area contributed by atoms with Crippen molar-refractivity contribution in [3.05, 3.63) is 71.0 Å². The first-order valence-corrected chi connectivity index (χ1v) is 9.72. The smallest absolute Gasteiger partial charge is 0.317 e. The lowest BCUT2D eigenvalue weighted by atomic mass is 9.89. The molecular formula is C22H26FN3O2. The van der Waals surface area contributed by atoms with Gasteiger partial charge in [0.2, 0.25) is 0 Å². The molecule has 0 aliphatic carbocycles. The number of amides is 3. The van der Waals surface area contributed by atoms with E-state index in [2.05, 4.69) is 10.6 Å². The van der Waals surface area contributed by atoms with Crippen LogP contribution in [0, 0.1) is 5.82 Å². The van der Waals surface area contributed by atoms with Gasteiger partial charge in [0.25, 0.3) is 5.91 Å². The van der Waals surface area contributed by atoms with Gasteiger partial charge in [0, 0.05) is 37.7 Å². The summed E-state index contributed by atoms with van der Waals surface area (Å²) in [5.41, 5.74) is 2.51. The van der Waals surface area contributed by atoms with Crippen LogP contribution in [0.4, 0.5) is 9.18 Å². The highest BCUT2D eigenvalue weighted by Gasteiger charge is 2.24. The van der Waals surface area contributed by atoms with Crippen molar-refractivity contribution in [2.45, 2.75) is 32.2 Å². The van der Waals surface area contributed by atoms with Gasteiger partial charge in [-0.1, -0.05) is 24.3 Å². The second-order valence-electron chi connectivity index (χ2n) is 7.06. The van der Waals surface area contributed by atoms with Gasteiger partial charge < -0.3 is 15.5 Å². The van der Waals surface area contributed by atoms with Crippen molar-refractivity contribution in [3.8, 4) is 0 Å². The van der Waals surface area contributed by atoms with Gasteiger partial charge in [0.05, 0.1) is 0 Å². The van der Waals surface area contributed by atoms with Crippen molar-refractivity contribution in [3.63, 3.8) is 0 Å². The number of hydrogen-bond acceptors (Lipinski definition) is 2. The molecule has 1 aliphatic heterocycles. The number of likely N-dealkylation sites (tertiary alicyclic amines) is 1. The number of benzene rings is 2. The molecule has 0 spiro atoms. The molecule has 3 amide bonds. The summed E-state index contributed by atoms with van der Waals surface area (Å²) in [4.78, 5) is 26.5. The lowest BCUT2D eigenvalue weighted by Crippen LogP contribution is -2.44. The third kappa shape index (κ3) is 5.09. The number of rotatable bonds is 5. The molecule has 6 heteroatoms. The van der Waals surface area contributed by atoms with Crippen molar-refractivity contribution in [2.75, 3.05) is 19.6 Å². The first-order valence-electron chi connectivity index (χ1n) is 9.72. The van der Waals surface area contributed by atoms with Gasteiger partial charge in [-0.05, 0) is 55.2 Å². The molecule has 0 radical (unpaired) electrons. The summed E-state index contributed by atoms with van der Waals surface area (Å²) in [6.07, 6.45) is 1.94. The van der Waals surface area contributed by atoms with Crippen LogP contribution in [0.25, 0.3) is 0 Å². The van der Waals surface area contributed by atoms with Crippen LogP contribution in [0.3, 0.4) is 0 Å². The fourth-order valence-electron chi connectivity index (χ4n) is 3.52. The predicted molar refractivity (Wildman–Crippen MR) is 107 cm³/mol. The third-order valence-corrected chi connectivity index (χ3v) is 5.02. The van der Waals surface area contributed by atoms with E-state index in [0.29, 0.717) is 25.2 Å². The molecule has 1 aliphatic rings. The molecule has 28 heavy (non-hydrogen) atoms. The number of urea groups is 1. The highest BCUT2D eigenvalue weighted by molar-refractivity contribution is 5.94. The minimum absolute atomic E-state index is 0.0274. The molecule has 2 N–H and O–H groups in total. The van der Waals surface area contributed by atoms with Gasteiger partial charge in [-0.25, -0.2) is 9.18 Å². The molecule has 2 aromatic carbocycles. The molecule has 1 atom stereocenters. The molecule has 0 saturated carbocycles. The number of carbonyl (C=O) groups is 2. The quantitative estimate of drug-likeness (QED) is 0.828. The zero-order valence-corrected chi connectivity index (χ0v) is 16.1. The molecule has 148 valence electrons. The Morgan fingerprint density at radius 2 is 1.93 bits per heavy atom. The number of nitrogens with zero attached hydrogens (tertiary/aromatic N) is 1. The Bertz CT molecular complexity index is 823. The summed E-state index contributed by atoms with van der Waals surface area (Å²) < 4.78 is 13.0. The first kappa shape index (κ1) is 19.9. The van der Waals surface area contributed by atoms with Gasteiger partial charge in [-0.3, -0.25) is 4.79 Å². The highest BCUT2D eigenvalue weighted by atomic mass is 19.1. The third-order valence-electron chi connectivity index (χ3n) is 5.02. The van der Waals surface area contributed by atoms with Crippen LogP contribution in [0.1, 0.15) is 47.2 Å². The number of hydrogen-bond donors (Lipinski definition) is 2. The highest BCUT2D eigenvalue weighted by Crippen LogP contribution is 2.27. The van der Waals surface area contributed by atoms with E-state index in [0.717, 1.165) is 30.5 Å². The van der Waals surface area contributed by atoms with Gasteiger partial charge in [0.15, 0.2) is 0 Å². The molecule has 1 unspecified atom stereocenters. The van der Waals surface area contributed by atoms with Crippen molar-refractivity contribution in [1.29, 1.82) is 0 Å². The molecular weight excluding hydrogens is 357 g/mol. The summed E-state index contributed by atoms with van der Waals surface area (Å²) in [6, 6.07) is 13.6. The molecule has 1 saturated heterocycles. The lowest BCUT2D eigenvalue weighted by Gasteiger charge is -2.33. The molecule has 0 bridgehead atoms. The zero-order chi connectivity index (χ0) is 19.9. The molecule has 0 aromatic heterocycles. The van der Waals surface area contributed by atoms with Crippen LogP contribution in [-0.4, -0.2) is 36.5 Å². The largest absolute Gasteiger partial charge is 0.348 e. The minimum Gasteiger partial charge on any atom is -0.348 e. The van der Waals surface area contributed by atoms with E-state index < -0.39 is 0 Å². The Balaban J connectivity index is 1.63. The summed E-state index contributed by atoms with van der Waals surface area (Å²) >= 11 is 0. The summed E-state index contributed by atoms with van der Waals surface area (Å²) in [6.45, 7) is 4.29. The van der Waals surface area contributed by atoms with Gasteiger partial charge in [0.1, 0.15) is 5.82 Å². The lowest BCUT2D eigenvalue weighted by molar-refractivity contribution is 0.0950. The number of carbonyl (C=O) groups excluding carboxylic acids is 2. The van der Waals surface area contributed by atoms with Gasteiger partial charge in [-0.2, -0.15) is 0 Å². The van der Waals surface area contributed by atoms with Crippen molar-refractivity contribution < 1.29 is 14.0 Å². The minimum atomic E-state index is -0.295. The number of piperidine rings is 1. The van der Waals surface area contributed by atoms with Gasteiger partial charge >= 0.3 is 6.03 Å². The predicted octanol–water partition coefficient (Wildman–Crippen LogP) is 3.66. The van der Waals surface area contributed by atoms with Crippen molar-refractivity contribution in [1.82, 2.24) is 15.5 Å². The second kappa shape index (κ2) is 9.35. The van der Waals surface area contributed by atoms with Crippen LogP contribution in [0.2, 0.25) is 0 Å². The SMILES string of the molecule is CCNC(=O)N1CCCC(c2cccc(C(=O)NCc3ccc(F)cc3)c2)C1. The van der Waals surface area contributed by atoms with Crippen LogP contribution < -0.4 is 10.6 Å². The molecule has 1 fully saturated rings. The second-order valence-corrected chi connectivity index (χ2v) is 7.06. The molecule has 1 heterocycles. The van der Waals surface area contributed by atoms with E-state index in [4.69, 9.17) is 0 Å². The fraction of sp³-hybridized carbons (Fsp3) is 0.364. The average molecular weight is 383 g/mol. The molecule has 5 nitrogen and oxygen atoms in total. The topological polar surface area (TPSA) is 61.4 Å². The Hall–Kier alpha value is -2.89. The fourth-order valence-corrected chi connectivity index (χ4v) is 3.52. The van der Waals surface area contributed by atoms with Crippen molar-refractivity contribution >= 4 is 11.9 Å². The van der Waals surface area contributed by atoms with E-state index in [1.54, 1.807) is 18.2 Å². The van der Waals surface area contributed by atoms with E-state index >= 15 is 0 Å². The van der Waals surface area contributed by atoms with Crippen molar-refractivity contribution in [2.24, 2.45) is 0 Å². The summed E-state index contributed by atoms with van der Waals surface area (Å²) in [5.74, 6) is -0.235. The maximum atomic E-state index is 13.0. The van der Waals surface area contributed by atoms with E-state index in [1.807, 2.05) is 30.0 Å². The Morgan fingerprint density at radius 3 is 2.68 bits per heavy atom. The van der Waals surface area contributed by atoms with Crippen LogP contribution in [0.5, 0.6) is 0 Å². The molecule has 2 aromatic rings. The average Bonchev–Trinajstić information content (AvgIpc) is 2.73. The van der Waals surface area contributed by atoms with Gasteiger partial charge in [-0.15, -0.1) is 0 Å². The normalized spacial score (nSPS) is 16.5. The van der Waals surface area contributed by atoms with Crippen LogP contribution in [-0.2, 0) is 6.54 Å². The Morgan fingerprint density at radius 1 is 1.14 bits per heavy atom. The number of nitrogens with one attached hydrogen (secondary N) is 2. The van der Waals surface area contributed by atoms with Crippen LogP contribution >= 0.6 is 0 Å². The number of halogens is 1. The summed E-state index contributed by atoms with van der Waals surface area (Å²) in [7, 11) is 0. The van der Waals surface area contributed by atoms with E-state index in [1.165, 1.54) is 12.1 Å². The maximum Gasteiger partial charge on any atom is 0.317 e. The van der Waals surface area contributed by atoms with E-state index in [-0.39, 0.29) is 23.7 Å². The first-order chi connectivity index (χ1) is 13.6. The Kier molecular flexibility index (Phi) is 6.63. The Labute approximate surface area is 164 Å². The standard InChI is InChI=1S/C22H26FN3O2/c1-2-24-22(28)26-12-4-7-19(15-26)17-5-3-6-18(13-17)21(27)25-14-16-8-10-20(23)11-9-16/h3,5-6,8-11,13,19H,2,4,7,12,14-15H2,1H3,(H,24,28)(H,25,27). The summed E-state index contributed by atoms with van der Waals surface area (Å²) in [5, 5.41) is 5.72. The van der Waals surface area contributed by atoms with E-state index in [9.17, 15) is 14.0 Å². The molecule has 3 rings (SSSR count). The monoisotopic (exact) mass is 383 g/mol. The van der Waals surface area contributed by atoms with Crippen LogP contribution in [0.15, 0.2) is 48.5 Å².